The summed E-state index contributed by atoms with van der Waals surface area (Å²) in [6, 6.07) is 16.0. The Labute approximate surface area is 183 Å². The molecular formula is C21H27IN4O2. The molecule has 0 bridgehead atoms. The first kappa shape index (κ1) is 22.0. The Morgan fingerprint density at radius 3 is 2.64 bits per heavy atom. The first-order chi connectivity index (χ1) is 13.2. The van der Waals surface area contributed by atoms with Crippen LogP contribution in [0.3, 0.4) is 0 Å². The molecule has 0 aromatic heterocycles. The number of nitrogens with one attached hydrogen (secondary N) is 2. The van der Waals surface area contributed by atoms with E-state index < -0.39 is 0 Å². The molecule has 2 aromatic rings. The fourth-order valence-electron chi connectivity index (χ4n) is 3.05. The van der Waals surface area contributed by atoms with Gasteiger partial charge in [0.05, 0.1) is 13.1 Å². The van der Waals surface area contributed by atoms with Crippen molar-refractivity contribution in [2.75, 3.05) is 38.2 Å². The van der Waals surface area contributed by atoms with E-state index >= 15 is 0 Å². The number of nitrogens with zero attached hydrogens (tertiary/aromatic N) is 2. The summed E-state index contributed by atoms with van der Waals surface area (Å²) in [6.45, 7) is 4.08. The highest BCUT2D eigenvalue weighted by atomic mass is 127. The van der Waals surface area contributed by atoms with E-state index in [0.717, 1.165) is 24.4 Å². The van der Waals surface area contributed by atoms with Crippen molar-refractivity contribution in [1.29, 1.82) is 0 Å². The number of aliphatic imine (C=N–C) groups is 1. The molecule has 1 aliphatic rings. The minimum absolute atomic E-state index is 0. The number of hydrogen-bond acceptors (Lipinski definition) is 3. The second-order valence-corrected chi connectivity index (χ2v) is 6.44. The van der Waals surface area contributed by atoms with Gasteiger partial charge < -0.3 is 20.3 Å². The van der Waals surface area contributed by atoms with Gasteiger partial charge in [0.15, 0.2) is 5.96 Å². The molecule has 1 aliphatic heterocycles. The van der Waals surface area contributed by atoms with Gasteiger partial charge in [-0.05, 0) is 37.1 Å². The summed E-state index contributed by atoms with van der Waals surface area (Å²) < 4.78 is 5.68. The van der Waals surface area contributed by atoms with Crippen molar-refractivity contribution in [3.8, 4) is 5.75 Å². The number of rotatable bonds is 6. The number of fused-ring (bicyclic) bond motifs is 1. The largest absolute Gasteiger partial charge is 0.492 e. The van der Waals surface area contributed by atoms with Gasteiger partial charge in [-0.1, -0.05) is 35.9 Å². The van der Waals surface area contributed by atoms with E-state index in [1.807, 2.05) is 54.3 Å². The Hall–Kier alpha value is -2.29. The summed E-state index contributed by atoms with van der Waals surface area (Å²) in [5, 5.41) is 6.23. The highest BCUT2D eigenvalue weighted by molar-refractivity contribution is 14.0. The summed E-state index contributed by atoms with van der Waals surface area (Å²) in [7, 11) is 1.69. The number of amides is 1. The monoisotopic (exact) mass is 494 g/mol. The average Bonchev–Trinajstić information content (AvgIpc) is 3.13. The Morgan fingerprint density at radius 1 is 1.14 bits per heavy atom. The third-order valence-electron chi connectivity index (χ3n) is 4.50. The van der Waals surface area contributed by atoms with Gasteiger partial charge in [0.2, 0.25) is 5.91 Å². The topological polar surface area (TPSA) is 66.0 Å². The van der Waals surface area contributed by atoms with Gasteiger partial charge in [0, 0.05) is 19.3 Å². The zero-order valence-corrected chi connectivity index (χ0v) is 18.6. The summed E-state index contributed by atoms with van der Waals surface area (Å²) in [5.74, 6) is 1.47. The molecule has 0 fully saturated rings. The lowest BCUT2D eigenvalue weighted by Gasteiger charge is -2.19. The summed E-state index contributed by atoms with van der Waals surface area (Å²) in [5.41, 5.74) is 3.44. The minimum Gasteiger partial charge on any atom is -0.492 e. The van der Waals surface area contributed by atoms with E-state index in [1.165, 1.54) is 11.1 Å². The van der Waals surface area contributed by atoms with Crippen molar-refractivity contribution in [3.63, 3.8) is 0 Å². The van der Waals surface area contributed by atoms with Crippen molar-refractivity contribution >= 4 is 41.5 Å². The highest BCUT2D eigenvalue weighted by Gasteiger charge is 2.23. The second-order valence-electron chi connectivity index (χ2n) is 6.44. The van der Waals surface area contributed by atoms with Crippen LogP contribution in [0.2, 0.25) is 0 Å². The van der Waals surface area contributed by atoms with E-state index in [2.05, 4.69) is 21.7 Å². The first-order valence-electron chi connectivity index (χ1n) is 9.19. The molecule has 0 saturated carbocycles. The molecule has 0 unspecified atom stereocenters. The van der Waals surface area contributed by atoms with Crippen molar-refractivity contribution in [2.24, 2.45) is 4.99 Å². The number of ether oxygens (including phenoxy) is 1. The minimum atomic E-state index is 0. The maximum absolute atomic E-state index is 12.5. The molecule has 0 spiro atoms. The molecule has 0 atom stereocenters. The van der Waals surface area contributed by atoms with Gasteiger partial charge in [0.1, 0.15) is 12.4 Å². The number of benzene rings is 2. The molecule has 28 heavy (non-hydrogen) atoms. The lowest BCUT2D eigenvalue weighted by molar-refractivity contribution is -0.117. The highest BCUT2D eigenvalue weighted by Crippen LogP contribution is 2.27. The molecule has 2 N–H and O–H groups in total. The standard InChI is InChI=1S/C21H26N4O2.HI/c1-16-7-9-18(10-8-16)27-14-12-23-21(22-2)24-15-20(26)25-13-11-17-5-3-4-6-19(17)25;/h3-10H,11-15H2,1-2H3,(H2,22,23,24);1H. The van der Waals surface area contributed by atoms with Gasteiger partial charge in [0.25, 0.3) is 0 Å². The number of aryl methyl sites for hydroxylation is 1. The molecule has 1 amide bonds. The average molecular weight is 494 g/mol. The fraction of sp³-hybridized carbons (Fsp3) is 0.333. The van der Waals surface area contributed by atoms with Gasteiger partial charge in [-0.25, -0.2) is 0 Å². The van der Waals surface area contributed by atoms with Gasteiger partial charge in [-0.15, -0.1) is 24.0 Å². The van der Waals surface area contributed by atoms with Crippen LogP contribution >= 0.6 is 24.0 Å². The predicted octanol–water partition coefficient (Wildman–Crippen LogP) is 2.75. The van der Waals surface area contributed by atoms with Gasteiger partial charge in [-0.3, -0.25) is 9.79 Å². The van der Waals surface area contributed by atoms with E-state index in [1.54, 1.807) is 7.05 Å². The van der Waals surface area contributed by atoms with Crippen molar-refractivity contribution < 1.29 is 9.53 Å². The maximum Gasteiger partial charge on any atom is 0.246 e. The zero-order chi connectivity index (χ0) is 19.1. The van der Waals surface area contributed by atoms with E-state index in [4.69, 9.17) is 4.74 Å². The summed E-state index contributed by atoms with van der Waals surface area (Å²) in [6.07, 6.45) is 0.908. The number of carbonyl (C=O) groups is 1. The number of para-hydroxylation sites is 1. The third-order valence-corrected chi connectivity index (χ3v) is 4.50. The molecular weight excluding hydrogens is 467 g/mol. The maximum atomic E-state index is 12.5. The van der Waals surface area contributed by atoms with Crippen molar-refractivity contribution in [1.82, 2.24) is 10.6 Å². The molecule has 0 saturated heterocycles. The molecule has 0 radical (unpaired) electrons. The van der Waals surface area contributed by atoms with Gasteiger partial charge in [-0.2, -0.15) is 0 Å². The summed E-state index contributed by atoms with van der Waals surface area (Å²) >= 11 is 0. The van der Waals surface area contributed by atoms with Gasteiger partial charge >= 0.3 is 0 Å². The lowest BCUT2D eigenvalue weighted by atomic mass is 10.2. The lowest BCUT2D eigenvalue weighted by Crippen LogP contribution is -2.45. The van der Waals surface area contributed by atoms with E-state index in [-0.39, 0.29) is 36.4 Å². The number of carbonyl (C=O) groups excluding carboxylic acids is 1. The molecule has 3 rings (SSSR count). The quantitative estimate of drug-likeness (QED) is 0.281. The fourth-order valence-corrected chi connectivity index (χ4v) is 3.05. The molecule has 7 heteroatoms. The predicted molar refractivity (Wildman–Crippen MR) is 124 cm³/mol. The van der Waals surface area contributed by atoms with Crippen LogP contribution in [0.5, 0.6) is 5.75 Å². The summed E-state index contributed by atoms with van der Waals surface area (Å²) in [4.78, 5) is 18.5. The number of hydrogen-bond donors (Lipinski definition) is 2. The smallest absolute Gasteiger partial charge is 0.246 e. The van der Waals surface area contributed by atoms with Crippen LogP contribution in [0.1, 0.15) is 11.1 Å². The molecule has 0 aliphatic carbocycles. The Bertz CT molecular complexity index is 808. The van der Waals surface area contributed by atoms with Crippen LogP contribution in [-0.4, -0.2) is 45.2 Å². The second kappa shape index (κ2) is 10.9. The van der Waals surface area contributed by atoms with E-state index in [0.29, 0.717) is 19.1 Å². The number of guanidine groups is 1. The van der Waals surface area contributed by atoms with Crippen LogP contribution in [0.25, 0.3) is 0 Å². The van der Waals surface area contributed by atoms with Crippen LogP contribution in [-0.2, 0) is 11.2 Å². The first-order valence-corrected chi connectivity index (χ1v) is 9.19. The number of anilines is 1. The molecule has 1 heterocycles. The Kier molecular flexibility index (Phi) is 8.56. The van der Waals surface area contributed by atoms with Crippen LogP contribution < -0.4 is 20.3 Å². The zero-order valence-electron chi connectivity index (χ0n) is 16.3. The van der Waals surface area contributed by atoms with Crippen LogP contribution in [0, 0.1) is 6.92 Å². The normalized spacial score (nSPS) is 12.8. The van der Waals surface area contributed by atoms with Crippen LogP contribution in [0.15, 0.2) is 53.5 Å². The van der Waals surface area contributed by atoms with Crippen molar-refractivity contribution in [3.05, 3.63) is 59.7 Å². The Balaban J connectivity index is 0.00000280. The number of halogens is 1. The molecule has 2 aromatic carbocycles. The van der Waals surface area contributed by atoms with E-state index in [9.17, 15) is 4.79 Å². The molecule has 150 valence electrons. The van der Waals surface area contributed by atoms with Crippen molar-refractivity contribution in [2.45, 2.75) is 13.3 Å². The SMILES string of the molecule is CN=C(NCCOc1ccc(C)cc1)NCC(=O)N1CCc2ccccc21.I. The Morgan fingerprint density at radius 2 is 1.89 bits per heavy atom. The van der Waals surface area contributed by atoms with Crippen LogP contribution in [0.4, 0.5) is 5.69 Å². The third kappa shape index (κ3) is 5.85. The molecule has 6 nitrogen and oxygen atoms in total.